The first-order valence-electron chi connectivity index (χ1n) is 4.76. The zero-order valence-electron chi connectivity index (χ0n) is 8.96. The fourth-order valence-corrected chi connectivity index (χ4v) is 0.943. The molecule has 0 heterocycles. The second-order valence-corrected chi connectivity index (χ2v) is 3.80. The summed E-state index contributed by atoms with van der Waals surface area (Å²) in [5.74, 6) is 1.27. The van der Waals surface area contributed by atoms with Crippen LogP contribution in [0, 0.1) is 11.8 Å². The van der Waals surface area contributed by atoms with Gasteiger partial charge in [0.1, 0.15) is 0 Å². The van der Waals surface area contributed by atoms with E-state index in [1.807, 2.05) is 13.1 Å². The lowest BCUT2D eigenvalue weighted by molar-refractivity contribution is 0.649. The molecule has 0 atom stereocenters. The Morgan fingerprint density at radius 1 is 1.25 bits per heavy atom. The Morgan fingerprint density at radius 2 is 1.83 bits per heavy atom. The summed E-state index contributed by atoms with van der Waals surface area (Å²) < 4.78 is 0. The highest BCUT2D eigenvalue weighted by atomic mass is 14.7. The molecule has 0 N–H and O–H groups in total. The molecule has 12 heavy (non-hydrogen) atoms. The molecule has 0 fully saturated rings. The first-order valence-corrected chi connectivity index (χ1v) is 4.76. The SMILES string of the molecule is CC=N/C(=C\CC(C)C)C(C)C. The zero-order valence-corrected chi connectivity index (χ0v) is 8.96. The van der Waals surface area contributed by atoms with Crippen LogP contribution in [-0.2, 0) is 0 Å². The molecule has 0 saturated carbocycles. The molecular formula is C11H21N. The van der Waals surface area contributed by atoms with Crippen molar-refractivity contribution in [1.82, 2.24) is 0 Å². The van der Waals surface area contributed by atoms with Gasteiger partial charge in [0, 0.05) is 11.9 Å². The summed E-state index contributed by atoms with van der Waals surface area (Å²) in [4.78, 5) is 4.33. The number of hydrogen-bond donors (Lipinski definition) is 0. The Bertz CT molecular complexity index is 164. The van der Waals surface area contributed by atoms with Crippen molar-refractivity contribution in [2.45, 2.75) is 41.0 Å². The van der Waals surface area contributed by atoms with E-state index >= 15 is 0 Å². The minimum absolute atomic E-state index is 0.542. The summed E-state index contributed by atoms with van der Waals surface area (Å²) in [5.41, 5.74) is 1.21. The maximum atomic E-state index is 4.33. The van der Waals surface area contributed by atoms with Crippen molar-refractivity contribution in [3.05, 3.63) is 11.8 Å². The van der Waals surface area contributed by atoms with E-state index in [1.165, 1.54) is 5.70 Å². The van der Waals surface area contributed by atoms with Crippen molar-refractivity contribution in [1.29, 1.82) is 0 Å². The van der Waals surface area contributed by atoms with Crippen LogP contribution in [0.25, 0.3) is 0 Å². The number of allylic oxidation sites excluding steroid dienone is 2. The summed E-state index contributed by atoms with van der Waals surface area (Å²) in [6.07, 6.45) is 5.24. The van der Waals surface area contributed by atoms with Gasteiger partial charge in [0.05, 0.1) is 0 Å². The van der Waals surface area contributed by atoms with Crippen LogP contribution in [0.5, 0.6) is 0 Å². The molecule has 0 aliphatic heterocycles. The Morgan fingerprint density at radius 3 is 2.17 bits per heavy atom. The summed E-state index contributed by atoms with van der Waals surface area (Å²) in [6.45, 7) is 10.8. The smallest absolute Gasteiger partial charge is 0.0385 e. The van der Waals surface area contributed by atoms with E-state index in [9.17, 15) is 0 Å². The predicted octanol–water partition coefficient (Wildman–Crippen LogP) is 3.66. The van der Waals surface area contributed by atoms with Gasteiger partial charge < -0.3 is 0 Å². The highest BCUT2D eigenvalue weighted by Crippen LogP contribution is 2.13. The maximum absolute atomic E-state index is 4.33. The normalized spacial score (nSPS) is 13.8. The van der Waals surface area contributed by atoms with Crippen molar-refractivity contribution in [2.24, 2.45) is 16.8 Å². The molecule has 0 unspecified atom stereocenters. The van der Waals surface area contributed by atoms with E-state index in [1.54, 1.807) is 0 Å². The predicted molar refractivity (Wildman–Crippen MR) is 56.5 cm³/mol. The van der Waals surface area contributed by atoms with Gasteiger partial charge in [0.15, 0.2) is 0 Å². The molecular weight excluding hydrogens is 146 g/mol. The molecule has 0 radical (unpaired) electrons. The van der Waals surface area contributed by atoms with Gasteiger partial charge in [-0.25, -0.2) is 0 Å². The van der Waals surface area contributed by atoms with Crippen LogP contribution in [0.15, 0.2) is 16.8 Å². The summed E-state index contributed by atoms with van der Waals surface area (Å²) in [7, 11) is 0. The van der Waals surface area contributed by atoms with Crippen molar-refractivity contribution < 1.29 is 0 Å². The van der Waals surface area contributed by atoms with Crippen LogP contribution in [0.2, 0.25) is 0 Å². The summed E-state index contributed by atoms with van der Waals surface area (Å²) in [5, 5.41) is 0. The molecule has 0 saturated heterocycles. The zero-order chi connectivity index (χ0) is 9.56. The molecule has 0 aromatic carbocycles. The van der Waals surface area contributed by atoms with Crippen LogP contribution >= 0.6 is 0 Å². The Kier molecular flexibility index (Phi) is 5.69. The van der Waals surface area contributed by atoms with E-state index in [2.05, 4.69) is 38.8 Å². The van der Waals surface area contributed by atoms with Crippen LogP contribution in [-0.4, -0.2) is 6.21 Å². The number of hydrogen-bond acceptors (Lipinski definition) is 1. The van der Waals surface area contributed by atoms with E-state index in [0.29, 0.717) is 5.92 Å². The number of rotatable bonds is 4. The lowest BCUT2D eigenvalue weighted by Gasteiger charge is -2.06. The molecule has 0 bridgehead atoms. The number of aliphatic imine (C=N–C) groups is 1. The van der Waals surface area contributed by atoms with Crippen LogP contribution in [0.4, 0.5) is 0 Å². The molecule has 0 aliphatic carbocycles. The van der Waals surface area contributed by atoms with Gasteiger partial charge in [-0.2, -0.15) is 0 Å². The highest BCUT2D eigenvalue weighted by molar-refractivity contribution is 5.55. The highest BCUT2D eigenvalue weighted by Gasteiger charge is 2.00. The van der Waals surface area contributed by atoms with Gasteiger partial charge in [0.2, 0.25) is 0 Å². The average molecular weight is 167 g/mol. The van der Waals surface area contributed by atoms with Gasteiger partial charge in [-0.3, -0.25) is 4.99 Å². The molecule has 0 rings (SSSR count). The van der Waals surface area contributed by atoms with Gasteiger partial charge in [-0.1, -0.05) is 33.8 Å². The first-order chi connectivity index (χ1) is 5.57. The lowest BCUT2D eigenvalue weighted by Crippen LogP contribution is -1.93. The lowest BCUT2D eigenvalue weighted by atomic mass is 10.1. The third-order valence-electron chi connectivity index (χ3n) is 1.67. The van der Waals surface area contributed by atoms with Crippen LogP contribution in [0.1, 0.15) is 41.0 Å². The average Bonchev–Trinajstić information content (AvgIpc) is 1.96. The largest absolute Gasteiger partial charge is 0.266 e. The Labute approximate surface area is 76.6 Å². The van der Waals surface area contributed by atoms with Crippen molar-refractivity contribution in [3.8, 4) is 0 Å². The van der Waals surface area contributed by atoms with E-state index < -0.39 is 0 Å². The molecule has 0 aromatic heterocycles. The minimum atomic E-state index is 0.542. The molecule has 0 spiro atoms. The molecule has 70 valence electrons. The monoisotopic (exact) mass is 167 g/mol. The fraction of sp³-hybridized carbons (Fsp3) is 0.727. The fourth-order valence-electron chi connectivity index (χ4n) is 0.943. The Hall–Kier alpha value is -0.590. The van der Waals surface area contributed by atoms with Gasteiger partial charge >= 0.3 is 0 Å². The third kappa shape index (κ3) is 5.11. The summed E-state index contributed by atoms with van der Waals surface area (Å²) >= 11 is 0. The quantitative estimate of drug-likeness (QED) is 0.567. The van der Waals surface area contributed by atoms with Gasteiger partial charge in [0.25, 0.3) is 0 Å². The molecule has 0 aliphatic rings. The van der Waals surface area contributed by atoms with Crippen LogP contribution in [0.3, 0.4) is 0 Å². The molecule has 1 heteroatoms. The second kappa shape index (κ2) is 5.99. The first kappa shape index (κ1) is 11.4. The standard InChI is InChI=1S/C11H21N/c1-6-12-11(10(4)5)8-7-9(2)3/h6,8-10H,7H2,1-5H3/b11-8-,12-6?. The van der Waals surface area contributed by atoms with E-state index in [-0.39, 0.29) is 0 Å². The summed E-state index contributed by atoms with van der Waals surface area (Å²) in [6, 6.07) is 0. The Balaban J connectivity index is 4.19. The van der Waals surface area contributed by atoms with E-state index in [4.69, 9.17) is 0 Å². The number of nitrogens with zero attached hydrogens (tertiary/aromatic N) is 1. The maximum Gasteiger partial charge on any atom is 0.0385 e. The van der Waals surface area contributed by atoms with Crippen molar-refractivity contribution >= 4 is 6.21 Å². The molecule has 1 nitrogen and oxygen atoms in total. The minimum Gasteiger partial charge on any atom is -0.266 e. The van der Waals surface area contributed by atoms with E-state index in [0.717, 1.165) is 12.3 Å². The van der Waals surface area contributed by atoms with Gasteiger partial charge in [-0.05, 0) is 25.2 Å². The second-order valence-electron chi connectivity index (χ2n) is 3.80. The molecule has 0 aromatic rings. The van der Waals surface area contributed by atoms with Gasteiger partial charge in [-0.15, -0.1) is 0 Å². The van der Waals surface area contributed by atoms with Crippen LogP contribution < -0.4 is 0 Å². The van der Waals surface area contributed by atoms with Crippen molar-refractivity contribution in [3.63, 3.8) is 0 Å². The third-order valence-corrected chi connectivity index (χ3v) is 1.67. The topological polar surface area (TPSA) is 12.4 Å². The van der Waals surface area contributed by atoms with Crippen molar-refractivity contribution in [2.75, 3.05) is 0 Å². The molecule has 0 amide bonds.